The Hall–Kier alpha value is -0.810. The van der Waals surface area contributed by atoms with Gasteiger partial charge in [0.05, 0.1) is 25.8 Å². The molecule has 0 aromatic rings. The SMILES string of the molecule is CO[C@H]1COC2(C1)CN(C(=O)OC(C)(C)C)C2. The smallest absolute Gasteiger partial charge is 0.410 e. The van der Waals surface area contributed by atoms with Crippen molar-refractivity contribution in [2.75, 3.05) is 26.8 Å². The van der Waals surface area contributed by atoms with E-state index in [-0.39, 0.29) is 17.8 Å². The van der Waals surface area contributed by atoms with Crippen molar-refractivity contribution in [3.63, 3.8) is 0 Å². The summed E-state index contributed by atoms with van der Waals surface area (Å²) in [6, 6.07) is 0. The van der Waals surface area contributed by atoms with Gasteiger partial charge in [0.1, 0.15) is 11.2 Å². The first-order chi connectivity index (χ1) is 7.84. The summed E-state index contributed by atoms with van der Waals surface area (Å²) >= 11 is 0. The fourth-order valence-corrected chi connectivity index (χ4v) is 2.28. The number of nitrogens with zero attached hydrogens (tertiary/aromatic N) is 1. The van der Waals surface area contributed by atoms with E-state index in [2.05, 4.69) is 0 Å². The van der Waals surface area contributed by atoms with Crippen molar-refractivity contribution >= 4 is 6.09 Å². The lowest BCUT2D eigenvalue weighted by molar-refractivity contribution is -0.109. The van der Waals surface area contributed by atoms with Gasteiger partial charge >= 0.3 is 6.09 Å². The number of ether oxygens (including phenoxy) is 3. The van der Waals surface area contributed by atoms with Gasteiger partial charge in [0.2, 0.25) is 0 Å². The fourth-order valence-electron chi connectivity index (χ4n) is 2.28. The summed E-state index contributed by atoms with van der Waals surface area (Å²) in [5, 5.41) is 0. The van der Waals surface area contributed by atoms with E-state index in [0.29, 0.717) is 19.7 Å². The normalized spacial score (nSPS) is 27.1. The summed E-state index contributed by atoms with van der Waals surface area (Å²) in [7, 11) is 1.69. The number of carbonyl (C=O) groups excluding carboxylic acids is 1. The lowest BCUT2D eigenvalue weighted by Crippen LogP contribution is -2.63. The van der Waals surface area contributed by atoms with Crippen molar-refractivity contribution in [2.45, 2.75) is 44.5 Å². The van der Waals surface area contributed by atoms with Gasteiger partial charge in [-0.05, 0) is 20.8 Å². The minimum absolute atomic E-state index is 0.163. The molecule has 1 spiro atoms. The third-order valence-electron chi connectivity index (χ3n) is 3.12. The van der Waals surface area contributed by atoms with Crippen LogP contribution >= 0.6 is 0 Å². The second-order valence-electron chi connectivity index (χ2n) is 5.89. The number of methoxy groups -OCH3 is 1. The molecule has 2 aliphatic rings. The van der Waals surface area contributed by atoms with Crippen LogP contribution in [0.5, 0.6) is 0 Å². The minimum atomic E-state index is -0.439. The first-order valence-electron chi connectivity index (χ1n) is 5.98. The molecule has 1 atom stereocenters. The van der Waals surface area contributed by atoms with Crippen LogP contribution in [0.1, 0.15) is 27.2 Å². The summed E-state index contributed by atoms with van der Waals surface area (Å²) in [5.74, 6) is 0. The molecule has 98 valence electrons. The van der Waals surface area contributed by atoms with Gasteiger partial charge in [-0.1, -0.05) is 0 Å². The van der Waals surface area contributed by atoms with E-state index in [4.69, 9.17) is 14.2 Å². The Morgan fingerprint density at radius 1 is 1.41 bits per heavy atom. The van der Waals surface area contributed by atoms with Gasteiger partial charge in [0.15, 0.2) is 0 Å². The molecule has 0 saturated carbocycles. The van der Waals surface area contributed by atoms with E-state index in [1.165, 1.54) is 0 Å². The van der Waals surface area contributed by atoms with Gasteiger partial charge in [-0.25, -0.2) is 4.79 Å². The highest BCUT2D eigenvalue weighted by molar-refractivity contribution is 5.69. The van der Waals surface area contributed by atoms with Crippen LogP contribution in [0.25, 0.3) is 0 Å². The molecular weight excluding hydrogens is 222 g/mol. The topological polar surface area (TPSA) is 48.0 Å². The number of rotatable bonds is 1. The molecular formula is C12H21NO4. The number of amides is 1. The van der Waals surface area contributed by atoms with Gasteiger partial charge in [0.25, 0.3) is 0 Å². The average molecular weight is 243 g/mol. The summed E-state index contributed by atoms with van der Waals surface area (Å²) in [6.45, 7) is 7.45. The maximum Gasteiger partial charge on any atom is 0.410 e. The predicted octanol–water partition coefficient (Wildman–Crippen LogP) is 1.41. The van der Waals surface area contributed by atoms with E-state index in [0.717, 1.165) is 6.42 Å². The maximum absolute atomic E-state index is 11.7. The van der Waals surface area contributed by atoms with E-state index in [1.54, 1.807) is 12.0 Å². The first kappa shape index (κ1) is 12.6. The minimum Gasteiger partial charge on any atom is -0.444 e. The molecule has 0 unspecified atom stereocenters. The zero-order chi connectivity index (χ0) is 12.7. The molecule has 2 heterocycles. The second-order valence-corrected chi connectivity index (χ2v) is 5.89. The molecule has 1 amide bonds. The molecule has 5 heteroatoms. The largest absolute Gasteiger partial charge is 0.444 e. The van der Waals surface area contributed by atoms with Crippen LogP contribution in [0.4, 0.5) is 4.79 Å². The number of hydrogen-bond acceptors (Lipinski definition) is 4. The summed E-state index contributed by atoms with van der Waals surface area (Å²) in [5.41, 5.74) is -0.622. The molecule has 2 rings (SSSR count). The number of likely N-dealkylation sites (tertiary alicyclic amines) is 1. The van der Waals surface area contributed by atoms with Gasteiger partial charge in [-0.15, -0.1) is 0 Å². The van der Waals surface area contributed by atoms with Gasteiger partial charge in [-0.3, -0.25) is 0 Å². The first-order valence-corrected chi connectivity index (χ1v) is 5.98. The van der Waals surface area contributed by atoms with Crippen LogP contribution < -0.4 is 0 Å². The Bertz CT molecular complexity index is 304. The standard InChI is InChI=1S/C12H21NO4/c1-11(2,3)17-10(14)13-7-12(8-13)5-9(15-4)6-16-12/h9H,5-8H2,1-4H3/t9-/m1/s1. The van der Waals surface area contributed by atoms with Crippen molar-refractivity contribution in [2.24, 2.45) is 0 Å². The highest BCUT2D eigenvalue weighted by Crippen LogP contribution is 2.36. The van der Waals surface area contributed by atoms with E-state index in [9.17, 15) is 4.79 Å². The monoisotopic (exact) mass is 243 g/mol. The van der Waals surface area contributed by atoms with Crippen LogP contribution in [-0.2, 0) is 14.2 Å². The third-order valence-corrected chi connectivity index (χ3v) is 3.12. The Kier molecular flexibility index (Phi) is 3.08. The lowest BCUT2D eigenvalue weighted by atomic mass is 9.90. The maximum atomic E-state index is 11.7. The quantitative estimate of drug-likeness (QED) is 0.698. The van der Waals surface area contributed by atoms with Crippen molar-refractivity contribution in [1.82, 2.24) is 4.90 Å². The average Bonchev–Trinajstić information content (AvgIpc) is 2.56. The molecule has 0 bridgehead atoms. The van der Waals surface area contributed by atoms with E-state index in [1.807, 2.05) is 20.8 Å². The highest BCUT2D eigenvalue weighted by Gasteiger charge is 2.52. The van der Waals surface area contributed by atoms with Gasteiger partial charge in [-0.2, -0.15) is 0 Å². The zero-order valence-electron chi connectivity index (χ0n) is 11.0. The molecule has 0 aliphatic carbocycles. The van der Waals surface area contributed by atoms with Crippen LogP contribution in [0.15, 0.2) is 0 Å². The van der Waals surface area contributed by atoms with Crippen molar-refractivity contribution in [1.29, 1.82) is 0 Å². The number of hydrogen-bond donors (Lipinski definition) is 0. The molecule has 17 heavy (non-hydrogen) atoms. The molecule has 0 radical (unpaired) electrons. The lowest BCUT2D eigenvalue weighted by Gasteiger charge is -2.46. The summed E-state index contributed by atoms with van der Waals surface area (Å²) in [4.78, 5) is 13.4. The highest BCUT2D eigenvalue weighted by atomic mass is 16.6. The molecule has 0 aromatic carbocycles. The van der Waals surface area contributed by atoms with Crippen LogP contribution in [0.2, 0.25) is 0 Å². The molecule has 0 aromatic heterocycles. The molecule has 2 fully saturated rings. The van der Waals surface area contributed by atoms with E-state index >= 15 is 0 Å². The third kappa shape index (κ3) is 2.72. The molecule has 5 nitrogen and oxygen atoms in total. The predicted molar refractivity (Wildman–Crippen MR) is 61.9 cm³/mol. The zero-order valence-corrected chi connectivity index (χ0v) is 11.0. The Balaban J connectivity index is 1.81. The van der Waals surface area contributed by atoms with Crippen molar-refractivity contribution < 1.29 is 19.0 Å². The Morgan fingerprint density at radius 2 is 2.06 bits per heavy atom. The van der Waals surface area contributed by atoms with Gasteiger partial charge in [0, 0.05) is 13.5 Å². The number of carbonyl (C=O) groups is 1. The Morgan fingerprint density at radius 3 is 2.53 bits per heavy atom. The van der Waals surface area contributed by atoms with Gasteiger partial charge < -0.3 is 19.1 Å². The van der Waals surface area contributed by atoms with Crippen molar-refractivity contribution in [3.8, 4) is 0 Å². The molecule has 0 N–H and O–H groups in total. The summed E-state index contributed by atoms with van der Waals surface area (Å²) < 4.78 is 16.3. The van der Waals surface area contributed by atoms with Crippen molar-refractivity contribution in [3.05, 3.63) is 0 Å². The molecule has 2 aliphatic heterocycles. The Labute approximate surface area is 102 Å². The fraction of sp³-hybridized carbons (Fsp3) is 0.917. The van der Waals surface area contributed by atoms with Crippen LogP contribution in [0, 0.1) is 0 Å². The van der Waals surface area contributed by atoms with E-state index < -0.39 is 5.60 Å². The summed E-state index contributed by atoms with van der Waals surface area (Å²) in [6.07, 6.45) is 0.770. The van der Waals surface area contributed by atoms with Crippen LogP contribution in [-0.4, -0.2) is 55.1 Å². The van der Waals surface area contributed by atoms with Crippen LogP contribution in [0.3, 0.4) is 0 Å². The second kappa shape index (κ2) is 4.14. The molecule has 2 saturated heterocycles.